The number of nitrogens with zero attached hydrogens (tertiary/aromatic N) is 1. The number of hydrogen-bond acceptors (Lipinski definition) is 5. The molecule has 0 saturated carbocycles. The van der Waals surface area contributed by atoms with Crippen LogP contribution in [0.3, 0.4) is 0 Å². The Morgan fingerprint density at radius 2 is 2.28 bits per heavy atom. The van der Waals surface area contributed by atoms with Crippen molar-refractivity contribution in [3.63, 3.8) is 0 Å². The number of rotatable bonds is 6. The minimum Gasteiger partial charge on any atom is -0.388 e. The van der Waals surface area contributed by atoms with Crippen LogP contribution >= 0.6 is 22.7 Å². The van der Waals surface area contributed by atoms with E-state index >= 15 is 0 Å². The van der Waals surface area contributed by atoms with Crippen LogP contribution in [-0.4, -0.2) is 16.1 Å². The summed E-state index contributed by atoms with van der Waals surface area (Å²) in [6.07, 6.45) is 0.355. The van der Waals surface area contributed by atoms with Gasteiger partial charge in [0.1, 0.15) is 0 Å². The van der Waals surface area contributed by atoms with Gasteiger partial charge in [0.15, 0.2) is 0 Å². The molecule has 2 aromatic rings. The lowest BCUT2D eigenvalue weighted by molar-refractivity contribution is 0.157. The molecule has 0 unspecified atom stereocenters. The Bertz CT molecular complexity index is 467. The molecule has 0 aliphatic heterocycles. The standard InChI is InChI=1S/C13H18N2OS2/c1-9(6-12(16)13-4-3-5-17-13)14-7-11-8-18-10(2)15-11/h3-5,8-9,12,14,16H,6-7H2,1-2H3/t9-,12-/m1/s1. The summed E-state index contributed by atoms with van der Waals surface area (Å²) in [5, 5.41) is 18.6. The average Bonchev–Trinajstić information content (AvgIpc) is 2.97. The first-order chi connectivity index (χ1) is 8.65. The van der Waals surface area contributed by atoms with Gasteiger partial charge in [0, 0.05) is 22.8 Å². The molecule has 98 valence electrons. The van der Waals surface area contributed by atoms with Crippen LogP contribution in [0.5, 0.6) is 0 Å². The molecule has 0 saturated heterocycles. The summed E-state index contributed by atoms with van der Waals surface area (Å²) in [6, 6.07) is 4.22. The highest BCUT2D eigenvalue weighted by Gasteiger charge is 2.13. The summed E-state index contributed by atoms with van der Waals surface area (Å²) >= 11 is 3.27. The van der Waals surface area contributed by atoms with Crippen molar-refractivity contribution in [1.82, 2.24) is 10.3 Å². The maximum Gasteiger partial charge on any atom is 0.0897 e. The van der Waals surface area contributed by atoms with Gasteiger partial charge in [-0.25, -0.2) is 4.98 Å². The molecule has 0 radical (unpaired) electrons. The number of aromatic nitrogens is 1. The van der Waals surface area contributed by atoms with Crippen LogP contribution in [-0.2, 0) is 6.54 Å². The minimum absolute atomic E-state index is 0.268. The topological polar surface area (TPSA) is 45.2 Å². The minimum atomic E-state index is -0.371. The van der Waals surface area contributed by atoms with Crippen LogP contribution in [0.2, 0.25) is 0 Å². The van der Waals surface area contributed by atoms with Gasteiger partial charge in [0.25, 0.3) is 0 Å². The van der Waals surface area contributed by atoms with Crippen molar-refractivity contribution in [3.05, 3.63) is 38.5 Å². The first-order valence-corrected chi connectivity index (χ1v) is 7.77. The van der Waals surface area contributed by atoms with Gasteiger partial charge in [-0.2, -0.15) is 0 Å². The Morgan fingerprint density at radius 1 is 1.44 bits per heavy atom. The molecule has 3 nitrogen and oxygen atoms in total. The van der Waals surface area contributed by atoms with Crippen LogP contribution in [0.4, 0.5) is 0 Å². The van der Waals surface area contributed by atoms with E-state index in [2.05, 4.69) is 22.6 Å². The molecule has 0 spiro atoms. The maximum atomic E-state index is 10.0. The number of hydrogen-bond donors (Lipinski definition) is 2. The van der Waals surface area contributed by atoms with Crippen LogP contribution in [0.1, 0.15) is 35.0 Å². The number of nitrogens with one attached hydrogen (secondary N) is 1. The van der Waals surface area contributed by atoms with E-state index in [4.69, 9.17) is 0 Å². The van der Waals surface area contributed by atoms with Crippen molar-refractivity contribution in [3.8, 4) is 0 Å². The monoisotopic (exact) mass is 282 g/mol. The molecule has 2 heterocycles. The zero-order valence-electron chi connectivity index (χ0n) is 10.6. The average molecular weight is 282 g/mol. The highest BCUT2D eigenvalue weighted by molar-refractivity contribution is 7.10. The molecule has 18 heavy (non-hydrogen) atoms. The van der Waals surface area contributed by atoms with Crippen LogP contribution < -0.4 is 5.32 Å². The molecule has 0 aliphatic carbocycles. The number of thiazole rings is 1. The van der Waals surface area contributed by atoms with Crippen molar-refractivity contribution >= 4 is 22.7 Å². The van der Waals surface area contributed by atoms with Gasteiger partial charge in [-0.15, -0.1) is 22.7 Å². The SMILES string of the molecule is Cc1nc(CN[C@H](C)C[C@@H](O)c2cccs2)cs1. The number of aliphatic hydroxyl groups is 1. The summed E-state index contributed by atoms with van der Waals surface area (Å²) in [4.78, 5) is 5.44. The molecule has 2 N–H and O–H groups in total. The van der Waals surface area contributed by atoms with E-state index < -0.39 is 0 Å². The van der Waals surface area contributed by atoms with Gasteiger partial charge in [-0.05, 0) is 31.7 Å². The van der Waals surface area contributed by atoms with E-state index in [0.29, 0.717) is 0 Å². The summed E-state index contributed by atoms with van der Waals surface area (Å²) in [5.41, 5.74) is 1.08. The molecule has 0 amide bonds. The van der Waals surface area contributed by atoms with E-state index in [1.54, 1.807) is 22.7 Å². The molecule has 2 rings (SSSR count). The number of aryl methyl sites for hydroxylation is 1. The summed E-state index contributed by atoms with van der Waals surface area (Å²) < 4.78 is 0. The van der Waals surface area contributed by atoms with E-state index in [1.165, 1.54) is 0 Å². The van der Waals surface area contributed by atoms with Crippen molar-refractivity contribution < 1.29 is 5.11 Å². The lowest BCUT2D eigenvalue weighted by Crippen LogP contribution is -2.27. The maximum absolute atomic E-state index is 10.0. The molecule has 5 heteroatoms. The Hall–Kier alpha value is -0.750. The molecular formula is C13H18N2OS2. The normalized spacial score (nSPS) is 14.6. The van der Waals surface area contributed by atoms with Crippen molar-refractivity contribution in [1.29, 1.82) is 0 Å². The van der Waals surface area contributed by atoms with E-state index in [-0.39, 0.29) is 12.1 Å². The highest BCUT2D eigenvalue weighted by Crippen LogP contribution is 2.22. The van der Waals surface area contributed by atoms with E-state index in [1.807, 2.05) is 24.4 Å². The molecule has 2 aromatic heterocycles. The lowest BCUT2D eigenvalue weighted by Gasteiger charge is -2.16. The largest absolute Gasteiger partial charge is 0.388 e. The fourth-order valence-corrected chi connectivity index (χ4v) is 3.12. The Morgan fingerprint density at radius 3 is 2.89 bits per heavy atom. The van der Waals surface area contributed by atoms with Gasteiger partial charge in [0.05, 0.1) is 16.8 Å². The lowest BCUT2D eigenvalue weighted by atomic mass is 10.1. The highest BCUT2D eigenvalue weighted by atomic mass is 32.1. The first-order valence-electron chi connectivity index (χ1n) is 6.01. The Labute approximate surface area is 116 Å². The second kappa shape index (κ2) is 6.43. The van der Waals surface area contributed by atoms with Crippen LogP contribution in [0.25, 0.3) is 0 Å². The zero-order valence-corrected chi connectivity index (χ0v) is 12.2. The Kier molecular flexibility index (Phi) is 4.88. The zero-order chi connectivity index (χ0) is 13.0. The quantitative estimate of drug-likeness (QED) is 0.855. The summed E-state index contributed by atoms with van der Waals surface area (Å²) in [6.45, 7) is 4.87. The fourth-order valence-electron chi connectivity index (χ4n) is 1.78. The van der Waals surface area contributed by atoms with E-state index in [0.717, 1.165) is 28.5 Å². The van der Waals surface area contributed by atoms with Crippen molar-refractivity contribution in [2.24, 2.45) is 0 Å². The number of aliphatic hydroxyl groups excluding tert-OH is 1. The third kappa shape index (κ3) is 3.88. The first kappa shape index (κ1) is 13.7. The van der Waals surface area contributed by atoms with Crippen LogP contribution in [0, 0.1) is 6.92 Å². The summed E-state index contributed by atoms with van der Waals surface area (Å²) in [7, 11) is 0. The van der Waals surface area contributed by atoms with Gasteiger partial charge < -0.3 is 10.4 Å². The molecule has 0 bridgehead atoms. The molecular weight excluding hydrogens is 264 g/mol. The third-order valence-electron chi connectivity index (χ3n) is 2.75. The molecule has 0 aromatic carbocycles. The predicted octanol–water partition coefficient (Wildman–Crippen LogP) is 3.11. The Balaban J connectivity index is 1.76. The van der Waals surface area contributed by atoms with Gasteiger partial charge in [-0.3, -0.25) is 0 Å². The van der Waals surface area contributed by atoms with Gasteiger partial charge in [-0.1, -0.05) is 6.07 Å². The van der Waals surface area contributed by atoms with E-state index in [9.17, 15) is 5.11 Å². The molecule has 0 fully saturated rings. The molecule has 0 aliphatic rings. The predicted molar refractivity (Wildman–Crippen MR) is 77.0 cm³/mol. The van der Waals surface area contributed by atoms with Gasteiger partial charge >= 0.3 is 0 Å². The fraction of sp³-hybridized carbons (Fsp3) is 0.462. The second-order valence-electron chi connectivity index (χ2n) is 4.41. The van der Waals surface area contributed by atoms with Gasteiger partial charge in [0.2, 0.25) is 0 Å². The summed E-state index contributed by atoms with van der Waals surface area (Å²) in [5.74, 6) is 0. The van der Waals surface area contributed by atoms with Crippen molar-refractivity contribution in [2.75, 3.05) is 0 Å². The third-order valence-corrected chi connectivity index (χ3v) is 4.54. The second-order valence-corrected chi connectivity index (χ2v) is 6.45. The van der Waals surface area contributed by atoms with Crippen LogP contribution in [0.15, 0.2) is 22.9 Å². The smallest absolute Gasteiger partial charge is 0.0897 e. The van der Waals surface area contributed by atoms with Crippen molar-refractivity contribution in [2.45, 2.75) is 39.0 Å². The number of thiophene rings is 1. The molecule has 2 atom stereocenters.